The van der Waals surface area contributed by atoms with Gasteiger partial charge in [0.25, 0.3) is 0 Å². The fourth-order valence-corrected chi connectivity index (χ4v) is 3.35. The molecule has 3 nitrogen and oxygen atoms in total. The molecule has 2 aliphatic carbocycles. The molecule has 0 aliphatic heterocycles. The Kier molecular flexibility index (Phi) is 4.94. The predicted octanol–water partition coefficient (Wildman–Crippen LogP) is 2.74. The van der Waals surface area contributed by atoms with Gasteiger partial charge in [-0.25, -0.2) is 0 Å². The summed E-state index contributed by atoms with van der Waals surface area (Å²) in [7, 11) is 0. The summed E-state index contributed by atoms with van der Waals surface area (Å²) in [6.07, 6.45) is 0.466. The normalized spacial score (nSPS) is 35.6. The van der Waals surface area contributed by atoms with E-state index in [1.165, 1.54) is 0 Å². The van der Waals surface area contributed by atoms with Crippen molar-refractivity contribution in [1.82, 2.24) is 5.32 Å². The van der Waals surface area contributed by atoms with Crippen LogP contribution in [-0.2, 0) is 4.79 Å². The van der Waals surface area contributed by atoms with Gasteiger partial charge in [0.1, 0.15) is 0 Å². The third-order valence-electron chi connectivity index (χ3n) is 4.62. The van der Waals surface area contributed by atoms with Gasteiger partial charge < -0.3 is 11.1 Å². The summed E-state index contributed by atoms with van der Waals surface area (Å²) in [5, 5.41) is 2.92. The first-order chi connectivity index (χ1) is 9.36. The molecule has 2 unspecified atom stereocenters. The van der Waals surface area contributed by atoms with Gasteiger partial charge >= 0.3 is 6.18 Å². The number of nitrogens with one attached hydrogen (secondary N) is 1. The van der Waals surface area contributed by atoms with E-state index in [-0.39, 0.29) is 36.8 Å². The number of amides is 1. The van der Waals surface area contributed by atoms with Crippen LogP contribution in [-0.4, -0.2) is 24.2 Å². The Morgan fingerprint density at radius 1 is 1.05 bits per heavy atom. The molecule has 3 N–H and O–H groups in total. The number of carbonyl (C=O) groups excluding carboxylic acids is 1. The summed E-state index contributed by atoms with van der Waals surface area (Å²) in [5.74, 6) is -1.27. The van der Waals surface area contributed by atoms with E-state index in [1.807, 2.05) is 0 Å². The molecular formula is C14H23F3N2O. The minimum Gasteiger partial charge on any atom is -0.353 e. The van der Waals surface area contributed by atoms with Gasteiger partial charge in [0.2, 0.25) is 5.91 Å². The lowest BCUT2D eigenvalue weighted by molar-refractivity contribution is -0.182. The van der Waals surface area contributed by atoms with E-state index in [4.69, 9.17) is 5.73 Å². The van der Waals surface area contributed by atoms with E-state index < -0.39 is 12.1 Å². The smallest absolute Gasteiger partial charge is 0.353 e. The summed E-state index contributed by atoms with van der Waals surface area (Å²) in [6, 6.07) is -0.0142. The number of hydrogen-bond donors (Lipinski definition) is 2. The van der Waals surface area contributed by atoms with Crippen molar-refractivity contribution >= 4 is 5.91 Å². The molecule has 116 valence electrons. The van der Waals surface area contributed by atoms with Crippen molar-refractivity contribution < 1.29 is 18.0 Å². The Labute approximate surface area is 117 Å². The van der Waals surface area contributed by atoms with Gasteiger partial charge in [-0.2, -0.15) is 13.2 Å². The first-order valence-corrected chi connectivity index (χ1v) is 7.49. The van der Waals surface area contributed by atoms with Gasteiger partial charge in [0, 0.05) is 18.0 Å². The summed E-state index contributed by atoms with van der Waals surface area (Å²) in [5.41, 5.74) is 5.86. The highest BCUT2D eigenvalue weighted by atomic mass is 19.4. The van der Waals surface area contributed by atoms with E-state index in [0.29, 0.717) is 19.3 Å². The van der Waals surface area contributed by atoms with Crippen LogP contribution in [0.1, 0.15) is 51.4 Å². The Hall–Kier alpha value is -0.780. The minimum atomic E-state index is -4.09. The van der Waals surface area contributed by atoms with Crippen LogP contribution >= 0.6 is 0 Å². The molecule has 1 amide bonds. The van der Waals surface area contributed by atoms with Crippen LogP contribution in [0.5, 0.6) is 0 Å². The lowest BCUT2D eigenvalue weighted by atomic mass is 9.83. The maximum atomic E-state index is 12.6. The molecular weight excluding hydrogens is 269 g/mol. The van der Waals surface area contributed by atoms with E-state index in [0.717, 1.165) is 19.3 Å². The second-order valence-electron chi connectivity index (χ2n) is 6.22. The van der Waals surface area contributed by atoms with Crippen molar-refractivity contribution in [2.24, 2.45) is 17.6 Å². The van der Waals surface area contributed by atoms with Crippen LogP contribution in [0.3, 0.4) is 0 Å². The van der Waals surface area contributed by atoms with Crippen molar-refractivity contribution in [3.05, 3.63) is 0 Å². The molecule has 0 spiro atoms. The molecule has 2 saturated carbocycles. The quantitative estimate of drug-likeness (QED) is 0.822. The van der Waals surface area contributed by atoms with Crippen LogP contribution in [0.15, 0.2) is 0 Å². The van der Waals surface area contributed by atoms with Crippen molar-refractivity contribution in [2.75, 3.05) is 0 Å². The molecule has 2 atom stereocenters. The number of halogens is 3. The number of nitrogens with two attached hydrogens (primary N) is 1. The molecule has 2 fully saturated rings. The summed E-state index contributed by atoms with van der Waals surface area (Å²) in [4.78, 5) is 12.1. The highest BCUT2D eigenvalue weighted by Crippen LogP contribution is 2.37. The lowest BCUT2D eigenvalue weighted by Crippen LogP contribution is -2.44. The van der Waals surface area contributed by atoms with Crippen molar-refractivity contribution in [1.29, 1.82) is 0 Å². The van der Waals surface area contributed by atoms with Crippen LogP contribution < -0.4 is 11.1 Å². The largest absolute Gasteiger partial charge is 0.391 e. The topological polar surface area (TPSA) is 55.1 Å². The molecule has 0 aromatic rings. The zero-order valence-corrected chi connectivity index (χ0v) is 11.6. The molecule has 0 heterocycles. The van der Waals surface area contributed by atoms with Crippen molar-refractivity contribution in [2.45, 2.75) is 69.6 Å². The van der Waals surface area contributed by atoms with Gasteiger partial charge in [-0.3, -0.25) is 4.79 Å². The van der Waals surface area contributed by atoms with Crippen LogP contribution in [0, 0.1) is 11.8 Å². The number of carbonyl (C=O) groups is 1. The Balaban J connectivity index is 1.76. The first kappa shape index (κ1) is 15.6. The maximum absolute atomic E-state index is 12.6. The average molecular weight is 292 g/mol. The van der Waals surface area contributed by atoms with E-state index in [2.05, 4.69) is 5.32 Å². The maximum Gasteiger partial charge on any atom is 0.391 e. The molecule has 0 bridgehead atoms. The molecule has 20 heavy (non-hydrogen) atoms. The number of hydrogen-bond acceptors (Lipinski definition) is 2. The number of rotatable bonds is 2. The third kappa shape index (κ3) is 4.11. The molecule has 0 aromatic heterocycles. The first-order valence-electron chi connectivity index (χ1n) is 7.49. The SMILES string of the molecule is NC1CCCC(C(=O)NC2CCC(C(F)(F)F)CC2)C1. The standard InChI is InChI=1S/C14H23F3N2O/c15-14(16,17)10-4-6-12(7-5-10)19-13(20)9-2-1-3-11(18)8-9/h9-12H,1-8,18H2,(H,19,20). The fourth-order valence-electron chi connectivity index (χ4n) is 3.35. The summed E-state index contributed by atoms with van der Waals surface area (Å²) < 4.78 is 37.7. The Bertz CT molecular complexity index is 338. The van der Waals surface area contributed by atoms with Crippen LogP contribution in [0.25, 0.3) is 0 Å². The fraction of sp³-hybridized carbons (Fsp3) is 0.929. The third-order valence-corrected chi connectivity index (χ3v) is 4.62. The van der Waals surface area contributed by atoms with Gasteiger partial charge in [-0.1, -0.05) is 6.42 Å². The second kappa shape index (κ2) is 6.33. The van der Waals surface area contributed by atoms with Crippen molar-refractivity contribution in [3.63, 3.8) is 0 Å². The second-order valence-corrected chi connectivity index (χ2v) is 6.22. The van der Waals surface area contributed by atoms with E-state index in [9.17, 15) is 18.0 Å². The monoisotopic (exact) mass is 292 g/mol. The number of alkyl halides is 3. The van der Waals surface area contributed by atoms with E-state index >= 15 is 0 Å². The van der Waals surface area contributed by atoms with Gasteiger partial charge in [0.05, 0.1) is 5.92 Å². The molecule has 6 heteroatoms. The minimum absolute atomic E-state index is 0.0180. The average Bonchev–Trinajstić information content (AvgIpc) is 2.38. The summed E-state index contributed by atoms with van der Waals surface area (Å²) in [6.45, 7) is 0. The molecule has 2 aliphatic rings. The highest BCUT2D eigenvalue weighted by Gasteiger charge is 2.41. The Morgan fingerprint density at radius 2 is 1.70 bits per heavy atom. The molecule has 0 radical (unpaired) electrons. The zero-order chi connectivity index (χ0) is 14.8. The Morgan fingerprint density at radius 3 is 2.25 bits per heavy atom. The van der Waals surface area contributed by atoms with Gasteiger partial charge in [-0.05, 0) is 44.9 Å². The molecule has 0 aromatic carbocycles. The highest BCUT2D eigenvalue weighted by molar-refractivity contribution is 5.79. The van der Waals surface area contributed by atoms with E-state index in [1.54, 1.807) is 0 Å². The van der Waals surface area contributed by atoms with Crippen LogP contribution in [0.2, 0.25) is 0 Å². The molecule has 0 saturated heterocycles. The van der Waals surface area contributed by atoms with Crippen LogP contribution in [0.4, 0.5) is 13.2 Å². The lowest BCUT2D eigenvalue weighted by Gasteiger charge is -2.32. The zero-order valence-electron chi connectivity index (χ0n) is 11.6. The molecule has 2 rings (SSSR count). The predicted molar refractivity (Wildman–Crippen MR) is 69.9 cm³/mol. The summed E-state index contributed by atoms with van der Waals surface area (Å²) >= 11 is 0. The van der Waals surface area contributed by atoms with Crippen molar-refractivity contribution in [3.8, 4) is 0 Å². The van der Waals surface area contributed by atoms with Gasteiger partial charge in [0.15, 0.2) is 0 Å². The van der Waals surface area contributed by atoms with Gasteiger partial charge in [-0.15, -0.1) is 0 Å².